The molecule has 4 heteroatoms. The molecular formula is C9H17N3O. The summed E-state index contributed by atoms with van der Waals surface area (Å²) >= 11 is 0. The van der Waals surface area contributed by atoms with Crippen molar-refractivity contribution in [1.82, 2.24) is 14.9 Å². The lowest BCUT2D eigenvalue weighted by Crippen LogP contribution is -2.20. The van der Waals surface area contributed by atoms with Gasteiger partial charge < -0.3 is 15.0 Å². The minimum absolute atomic E-state index is 0.259. The summed E-state index contributed by atoms with van der Waals surface area (Å²) in [5, 5.41) is 11.8. The number of aliphatic hydroxyl groups is 1. The van der Waals surface area contributed by atoms with Crippen molar-refractivity contribution in [2.75, 3.05) is 19.7 Å². The van der Waals surface area contributed by atoms with Gasteiger partial charge in [0.2, 0.25) is 0 Å². The van der Waals surface area contributed by atoms with Crippen LogP contribution in [-0.4, -0.2) is 34.4 Å². The summed E-state index contributed by atoms with van der Waals surface area (Å²) in [6.07, 6.45) is 5.52. The molecule has 0 amide bonds. The molecule has 1 rings (SSSR count). The number of aryl methyl sites for hydroxylation is 1. The maximum atomic E-state index is 8.54. The Morgan fingerprint density at radius 1 is 1.54 bits per heavy atom. The third-order valence-electron chi connectivity index (χ3n) is 1.96. The fourth-order valence-corrected chi connectivity index (χ4v) is 1.17. The molecule has 4 nitrogen and oxygen atoms in total. The van der Waals surface area contributed by atoms with Gasteiger partial charge in [-0.15, -0.1) is 0 Å². The van der Waals surface area contributed by atoms with E-state index in [1.165, 1.54) is 0 Å². The van der Waals surface area contributed by atoms with Crippen molar-refractivity contribution < 1.29 is 5.11 Å². The molecule has 0 unspecified atom stereocenters. The summed E-state index contributed by atoms with van der Waals surface area (Å²) in [6, 6.07) is 0. The fourth-order valence-electron chi connectivity index (χ4n) is 1.17. The lowest BCUT2D eigenvalue weighted by Gasteiger charge is -2.03. The van der Waals surface area contributed by atoms with Crippen molar-refractivity contribution >= 4 is 0 Å². The molecular weight excluding hydrogens is 166 g/mol. The van der Waals surface area contributed by atoms with Gasteiger partial charge >= 0.3 is 0 Å². The van der Waals surface area contributed by atoms with Gasteiger partial charge in [0.05, 0.1) is 0 Å². The third-order valence-corrected chi connectivity index (χ3v) is 1.96. The van der Waals surface area contributed by atoms with Crippen LogP contribution in [0.3, 0.4) is 0 Å². The SMILES string of the molecule is Cn1ccnc1CCNCCCO. The molecule has 0 aliphatic rings. The third kappa shape index (κ3) is 3.57. The van der Waals surface area contributed by atoms with Crippen molar-refractivity contribution in [2.24, 2.45) is 7.05 Å². The highest BCUT2D eigenvalue weighted by atomic mass is 16.3. The zero-order valence-corrected chi connectivity index (χ0v) is 8.03. The first-order valence-electron chi connectivity index (χ1n) is 4.62. The summed E-state index contributed by atoms with van der Waals surface area (Å²) in [5.74, 6) is 1.09. The molecule has 0 fully saturated rings. The molecule has 1 aromatic heterocycles. The van der Waals surface area contributed by atoms with Crippen LogP contribution in [0.1, 0.15) is 12.2 Å². The number of nitrogens with one attached hydrogen (secondary N) is 1. The number of aliphatic hydroxyl groups excluding tert-OH is 1. The van der Waals surface area contributed by atoms with Gasteiger partial charge in [-0.1, -0.05) is 0 Å². The van der Waals surface area contributed by atoms with E-state index in [0.717, 1.165) is 31.8 Å². The van der Waals surface area contributed by atoms with Gasteiger partial charge in [0.1, 0.15) is 5.82 Å². The van der Waals surface area contributed by atoms with Crippen LogP contribution in [0.4, 0.5) is 0 Å². The second kappa shape index (κ2) is 5.72. The molecule has 0 saturated heterocycles. The molecule has 0 radical (unpaired) electrons. The molecule has 74 valence electrons. The maximum absolute atomic E-state index is 8.54. The van der Waals surface area contributed by atoms with E-state index in [0.29, 0.717) is 0 Å². The summed E-state index contributed by atoms with van der Waals surface area (Å²) in [6.45, 7) is 2.06. The Kier molecular flexibility index (Phi) is 4.49. The van der Waals surface area contributed by atoms with Crippen molar-refractivity contribution in [3.8, 4) is 0 Å². The second-order valence-corrected chi connectivity index (χ2v) is 3.03. The van der Waals surface area contributed by atoms with E-state index in [1.54, 1.807) is 0 Å². The molecule has 0 aliphatic carbocycles. The quantitative estimate of drug-likeness (QED) is 0.607. The number of hydrogen-bond acceptors (Lipinski definition) is 3. The van der Waals surface area contributed by atoms with Crippen molar-refractivity contribution in [2.45, 2.75) is 12.8 Å². The Hall–Kier alpha value is -0.870. The molecule has 0 spiro atoms. The Labute approximate surface area is 78.6 Å². The molecule has 0 aliphatic heterocycles. The number of imidazole rings is 1. The van der Waals surface area contributed by atoms with Gasteiger partial charge in [0.25, 0.3) is 0 Å². The number of hydrogen-bond donors (Lipinski definition) is 2. The van der Waals surface area contributed by atoms with E-state index in [1.807, 2.05) is 24.0 Å². The fraction of sp³-hybridized carbons (Fsp3) is 0.667. The highest BCUT2D eigenvalue weighted by Gasteiger charge is 1.97. The molecule has 1 heterocycles. The first kappa shape index (κ1) is 10.2. The summed E-state index contributed by atoms with van der Waals surface area (Å²) in [5.41, 5.74) is 0. The lowest BCUT2D eigenvalue weighted by atomic mass is 10.4. The van der Waals surface area contributed by atoms with Gasteiger partial charge in [-0.3, -0.25) is 0 Å². The molecule has 13 heavy (non-hydrogen) atoms. The molecule has 0 bridgehead atoms. The summed E-state index contributed by atoms with van der Waals surface area (Å²) < 4.78 is 2.02. The number of nitrogens with zero attached hydrogens (tertiary/aromatic N) is 2. The van der Waals surface area contributed by atoms with Gasteiger partial charge in [0, 0.05) is 39.0 Å². The van der Waals surface area contributed by atoms with Crippen LogP contribution in [0.25, 0.3) is 0 Å². The number of rotatable bonds is 6. The Balaban J connectivity index is 2.10. The smallest absolute Gasteiger partial charge is 0.109 e. The minimum atomic E-state index is 0.259. The molecule has 1 aromatic rings. The highest BCUT2D eigenvalue weighted by molar-refractivity contribution is 4.91. The first-order valence-corrected chi connectivity index (χ1v) is 4.62. The monoisotopic (exact) mass is 183 g/mol. The van der Waals surface area contributed by atoms with Gasteiger partial charge in [-0.05, 0) is 13.0 Å². The Morgan fingerprint density at radius 3 is 3.00 bits per heavy atom. The molecule has 2 N–H and O–H groups in total. The van der Waals surface area contributed by atoms with E-state index in [4.69, 9.17) is 5.11 Å². The van der Waals surface area contributed by atoms with Crippen molar-refractivity contribution in [3.05, 3.63) is 18.2 Å². The average Bonchev–Trinajstić information content (AvgIpc) is 2.52. The molecule has 0 saturated carbocycles. The summed E-state index contributed by atoms with van der Waals surface area (Å²) in [4.78, 5) is 4.21. The van der Waals surface area contributed by atoms with E-state index >= 15 is 0 Å². The van der Waals surface area contributed by atoms with E-state index in [9.17, 15) is 0 Å². The van der Waals surface area contributed by atoms with E-state index in [-0.39, 0.29) is 6.61 Å². The normalized spacial score (nSPS) is 10.6. The first-order chi connectivity index (χ1) is 6.34. The van der Waals surface area contributed by atoms with Gasteiger partial charge in [-0.2, -0.15) is 0 Å². The number of aromatic nitrogens is 2. The van der Waals surface area contributed by atoms with Crippen LogP contribution in [0.15, 0.2) is 12.4 Å². The lowest BCUT2D eigenvalue weighted by molar-refractivity contribution is 0.286. The van der Waals surface area contributed by atoms with Crippen molar-refractivity contribution in [1.29, 1.82) is 0 Å². The topological polar surface area (TPSA) is 50.1 Å². The standard InChI is InChI=1S/C9H17N3O/c1-12-7-6-11-9(12)3-5-10-4-2-8-13/h6-7,10,13H,2-5,8H2,1H3. The van der Waals surface area contributed by atoms with Crippen LogP contribution in [-0.2, 0) is 13.5 Å². The van der Waals surface area contributed by atoms with E-state index in [2.05, 4.69) is 10.3 Å². The predicted octanol–water partition coefficient (Wildman–Crippen LogP) is -0.0654. The molecule has 0 aromatic carbocycles. The van der Waals surface area contributed by atoms with Crippen LogP contribution in [0.2, 0.25) is 0 Å². The van der Waals surface area contributed by atoms with Gasteiger partial charge in [0.15, 0.2) is 0 Å². The van der Waals surface area contributed by atoms with Crippen LogP contribution < -0.4 is 5.32 Å². The predicted molar refractivity (Wildman–Crippen MR) is 51.5 cm³/mol. The minimum Gasteiger partial charge on any atom is -0.396 e. The maximum Gasteiger partial charge on any atom is 0.109 e. The van der Waals surface area contributed by atoms with Crippen LogP contribution >= 0.6 is 0 Å². The van der Waals surface area contributed by atoms with Gasteiger partial charge in [-0.25, -0.2) is 4.98 Å². The van der Waals surface area contributed by atoms with E-state index < -0.39 is 0 Å². The largest absolute Gasteiger partial charge is 0.396 e. The van der Waals surface area contributed by atoms with Crippen LogP contribution in [0, 0.1) is 0 Å². The molecule has 0 atom stereocenters. The van der Waals surface area contributed by atoms with Crippen LogP contribution in [0.5, 0.6) is 0 Å². The Bertz CT molecular complexity index is 235. The van der Waals surface area contributed by atoms with Crippen molar-refractivity contribution in [3.63, 3.8) is 0 Å². The summed E-state index contributed by atoms with van der Waals surface area (Å²) in [7, 11) is 2.00. The highest BCUT2D eigenvalue weighted by Crippen LogP contribution is 1.93. The Morgan fingerprint density at radius 2 is 2.38 bits per heavy atom. The zero-order chi connectivity index (χ0) is 9.52. The zero-order valence-electron chi connectivity index (χ0n) is 8.03. The average molecular weight is 183 g/mol. The second-order valence-electron chi connectivity index (χ2n) is 3.03.